The van der Waals surface area contributed by atoms with E-state index in [0.29, 0.717) is 35.1 Å². The lowest BCUT2D eigenvalue weighted by molar-refractivity contribution is -0.134. The van der Waals surface area contributed by atoms with E-state index in [1.165, 1.54) is 54.0 Å². The highest BCUT2D eigenvalue weighted by Crippen LogP contribution is 2.47. The molecular formula is C37H41N5O4S. The maximum absolute atomic E-state index is 14.0. The molecule has 4 aromatic rings. The molecule has 0 spiro atoms. The summed E-state index contributed by atoms with van der Waals surface area (Å²) in [6.07, 6.45) is 13.9. The molecular weight excluding hydrogens is 611 g/mol. The molecule has 4 N–H and O–H groups in total. The highest BCUT2D eigenvalue weighted by atomic mass is 32.1. The molecule has 3 aliphatic rings. The summed E-state index contributed by atoms with van der Waals surface area (Å²) in [5, 5.41) is 8.00. The number of carbonyl (C=O) groups excluding carboxylic acids is 3. The van der Waals surface area contributed by atoms with Crippen molar-refractivity contribution < 1.29 is 19.1 Å². The predicted molar refractivity (Wildman–Crippen MR) is 186 cm³/mol. The molecule has 2 fully saturated rings. The van der Waals surface area contributed by atoms with E-state index in [1.807, 2.05) is 24.3 Å². The molecule has 2 aromatic carbocycles. The van der Waals surface area contributed by atoms with Gasteiger partial charge in [0, 0.05) is 39.7 Å². The fourth-order valence-electron chi connectivity index (χ4n) is 7.77. The van der Waals surface area contributed by atoms with Gasteiger partial charge >= 0.3 is 5.97 Å². The number of nitrogens with zero attached hydrogens (tertiary/aromatic N) is 2. The Hall–Kier alpha value is -4.44. The zero-order valence-electron chi connectivity index (χ0n) is 26.8. The maximum Gasteiger partial charge on any atom is 0.330 e. The molecule has 2 aliphatic carbocycles. The lowest BCUT2D eigenvalue weighted by Crippen LogP contribution is -2.55. The fraction of sp³-hybridized carbons (Fsp3) is 0.405. The number of fused-ring (bicyclic) bond motifs is 5. The van der Waals surface area contributed by atoms with Gasteiger partial charge in [0.2, 0.25) is 5.91 Å². The first-order chi connectivity index (χ1) is 22.8. The van der Waals surface area contributed by atoms with Gasteiger partial charge in [-0.1, -0.05) is 50.3 Å². The lowest BCUT2D eigenvalue weighted by Gasteiger charge is -2.29. The van der Waals surface area contributed by atoms with Gasteiger partial charge < -0.3 is 25.7 Å². The van der Waals surface area contributed by atoms with E-state index in [0.717, 1.165) is 61.8 Å². The Labute approximate surface area is 278 Å². The molecule has 0 atom stereocenters. The van der Waals surface area contributed by atoms with Crippen molar-refractivity contribution in [3.63, 3.8) is 0 Å². The van der Waals surface area contributed by atoms with Crippen molar-refractivity contribution in [3.8, 4) is 11.4 Å². The first-order valence-corrected chi connectivity index (χ1v) is 17.6. The normalized spacial score (nSPS) is 17.6. The fourth-order valence-corrected chi connectivity index (χ4v) is 8.64. The van der Waals surface area contributed by atoms with Crippen LogP contribution in [0.2, 0.25) is 0 Å². The molecule has 244 valence electrons. The number of nitrogens with one attached hydrogen (secondary N) is 2. The number of amides is 2. The van der Waals surface area contributed by atoms with Crippen LogP contribution in [0.3, 0.4) is 0 Å². The predicted octanol–water partition coefficient (Wildman–Crippen LogP) is 7.21. The third-order valence-electron chi connectivity index (χ3n) is 10.1. The Kier molecular flexibility index (Phi) is 8.61. The third-order valence-corrected chi connectivity index (χ3v) is 11.1. The maximum atomic E-state index is 14.0. The second kappa shape index (κ2) is 13.0. The summed E-state index contributed by atoms with van der Waals surface area (Å²) in [5.41, 5.74) is 11.8. The number of aromatic nitrogens is 2. The van der Waals surface area contributed by atoms with E-state index >= 15 is 0 Å². The first kappa shape index (κ1) is 31.2. The van der Waals surface area contributed by atoms with E-state index in [1.54, 1.807) is 29.5 Å². The molecule has 0 unspecified atom stereocenters. The van der Waals surface area contributed by atoms with Crippen molar-refractivity contribution in [3.05, 3.63) is 70.1 Å². The average Bonchev–Trinajstić information content (AvgIpc) is 3.77. The van der Waals surface area contributed by atoms with Gasteiger partial charge in [-0.3, -0.25) is 9.59 Å². The molecule has 0 bridgehead atoms. The molecule has 1 aliphatic heterocycles. The van der Waals surface area contributed by atoms with Crippen LogP contribution < -0.4 is 16.4 Å². The van der Waals surface area contributed by atoms with Crippen LogP contribution in [0.5, 0.6) is 0 Å². The van der Waals surface area contributed by atoms with E-state index in [-0.39, 0.29) is 11.8 Å². The van der Waals surface area contributed by atoms with E-state index in [9.17, 15) is 14.4 Å². The second-order valence-electron chi connectivity index (χ2n) is 13.1. The number of carbonyl (C=O) groups is 3. The highest BCUT2D eigenvalue weighted by molar-refractivity contribution is 7.15. The molecule has 9 nitrogen and oxygen atoms in total. The molecule has 47 heavy (non-hydrogen) atoms. The van der Waals surface area contributed by atoms with Gasteiger partial charge in [0.25, 0.3) is 5.91 Å². The summed E-state index contributed by atoms with van der Waals surface area (Å²) < 4.78 is 7.02. The third kappa shape index (κ3) is 6.06. The van der Waals surface area contributed by atoms with Gasteiger partial charge in [-0.25, -0.2) is 9.78 Å². The van der Waals surface area contributed by atoms with Gasteiger partial charge in [0.15, 0.2) is 5.13 Å². The Balaban J connectivity index is 1.18. The Morgan fingerprint density at radius 2 is 1.79 bits per heavy atom. The topological polar surface area (TPSA) is 128 Å². The van der Waals surface area contributed by atoms with Gasteiger partial charge in [0.1, 0.15) is 11.2 Å². The number of esters is 1. The number of nitrogens with two attached hydrogens (primary N) is 1. The lowest BCUT2D eigenvalue weighted by atomic mass is 9.82. The van der Waals surface area contributed by atoms with E-state index in [4.69, 9.17) is 10.7 Å². The average molecular weight is 652 g/mol. The largest absolute Gasteiger partial charge is 0.466 e. The zero-order valence-corrected chi connectivity index (χ0v) is 27.6. The quantitative estimate of drug-likeness (QED) is 0.143. The smallest absolute Gasteiger partial charge is 0.330 e. The molecule has 3 heterocycles. The Morgan fingerprint density at radius 1 is 1.02 bits per heavy atom. The Bertz CT molecular complexity index is 1860. The SMILES string of the molecule is COC(=O)C=Cc1ccc(NC(=O)C2(NC(=O)c3ccc4c(C5CCCCC5)c5n(c4c3)CCCc3sc(N)nc3-5)CCCC2)cc1. The number of anilines is 2. The van der Waals surface area contributed by atoms with Gasteiger partial charge in [-0.2, -0.15) is 0 Å². The van der Waals surface area contributed by atoms with Gasteiger partial charge in [0.05, 0.1) is 12.8 Å². The monoisotopic (exact) mass is 651 g/mol. The van der Waals surface area contributed by atoms with Crippen LogP contribution in [0.15, 0.2) is 48.5 Å². The minimum Gasteiger partial charge on any atom is -0.466 e. The van der Waals surface area contributed by atoms with Crippen molar-refractivity contribution in [2.45, 2.75) is 88.6 Å². The van der Waals surface area contributed by atoms with Crippen LogP contribution in [0, 0.1) is 0 Å². The summed E-state index contributed by atoms with van der Waals surface area (Å²) in [7, 11) is 1.33. The molecule has 0 saturated heterocycles. The van der Waals surface area contributed by atoms with Crippen LogP contribution in [-0.4, -0.2) is 40.0 Å². The zero-order chi connectivity index (χ0) is 32.5. The van der Waals surface area contributed by atoms with Crippen LogP contribution in [0.4, 0.5) is 10.8 Å². The van der Waals surface area contributed by atoms with Crippen molar-refractivity contribution in [2.24, 2.45) is 0 Å². The van der Waals surface area contributed by atoms with E-state index < -0.39 is 11.5 Å². The van der Waals surface area contributed by atoms with Gasteiger partial charge in [-0.15, -0.1) is 11.3 Å². The number of nitrogen functional groups attached to an aromatic ring is 1. The molecule has 2 aromatic heterocycles. The molecule has 2 saturated carbocycles. The molecule has 2 amide bonds. The van der Waals surface area contributed by atoms with Crippen molar-refractivity contribution in [2.75, 3.05) is 18.2 Å². The molecule has 7 rings (SSSR count). The molecule has 10 heteroatoms. The number of ether oxygens (including phenoxy) is 1. The van der Waals surface area contributed by atoms with Crippen LogP contribution in [-0.2, 0) is 27.3 Å². The van der Waals surface area contributed by atoms with Crippen molar-refractivity contribution in [1.29, 1.82) is 0 Å². The van der Waals surface area contributed by atoms with Crippen molar-refractivity contribution in [1.82, 2.24) is 14.9 Å². The highest BCUT2D eigenvalue weighted by Gasteiger charge is 2.43. The minimum atomic E-state index is -0.994. The number of rotatable bonds is 7. The van der Waals surface area contributed by atoms with Crippen LogP contribution in [0.25, 0.3) is 28.4 Å². The number of hydrogen-bond donors (Lipinski definition) is 3. The number of aryl methyl sites for hydroxylation is 2. The summed E-state index contributed by atoms with van der Waals surface area (Å²) in [5.74, 6) is -0.433. The number of methoxy groups -OCH3 is 1. The molecule has 0 radical (unpaired) electrons. The summed E-state index contributed by atoms with van der Waals surface area (Å²) in [6.45, 7) is 0.857. The summed E-state index contributed by atoms with van der Waals surface area (Å²) in [6, 6.07) is 13.3. The number of benzene rings is 2. The van der Waals surface area contributed by atoms with E-state index in [2.05, 4.69) is 26.0 Å². The van der Waals surface area contributed by atoms with Crippen LogP contribution >= 0.6 is 11.3 Å². The van der Waals surface area contributed by atoms with Gasteiger partial charge in [-0.05, 0) is 85.9 Å². The number of thiazole rings is 1. The summed E-state index contributed by atoms with van der Waals surface area (Å²) in [4.78, 5) is 45.2. The van der Waals surface area contributed by atoms with Crippen molar-refractivity contribution >= 4 is 56.9 Å². The number of hydrogen-bond acceptors (Lipinski definition) is 7. The van der Waals surface area contributed by atoms with Crippen LogP contribution in [0.1, 0.15) is 96.5 Å². The second-order valence-corrected chi connectivity index (χ2v) is 14.2. The standard InChI is InChI=1S/C37H41N5O4S/c1-46-30(43)18-13-23-11-15-26(16-12-23)39-35(45)37(19-5-6-20-37)41-34(44)25-14-17-27-28(22-25)42-21-7-10-29-32(40-36(38)47-29)33(42)31(27)24-8-3-2-4-9-24/h11-18,22,24H,2-10,19-21H2,1H3,(H2,38,40)(H,39,45)(H,41,44). The first-order valence-electron chi connectivity index (χ1n) is 16.8. The minimum absolute atomic E-state index is 0.216. The summed E-state index contributed by atoms with van der Waals surface area (Å²) >= 11 is 1.60. The Morgan fingerprint density at radius 3 is 2.53 bits per heavy atom.